The number of hydrogen-bond donors (Lipinski definition) is 1. The molecule has 3 rings (SSSR count). The van der Waals surface area contributed by atoms with Gasteiger partial charge in [-0.05, 0) is 24.6 Å². The van der Waals surface area contributed by atoms with Crippen LogP contribution in [0.2, 0.25) is 5.02 Å². The fraction of sp³-hybridized carbons (Fsp3) is 0.214. The minimum Gasteiger partial charge on any atom is -0.302 e. The van der Waals surface area contributed by atoms with Crippen molar-refractivity contribution in [3.8, 4) is 0 Å². The van der Waals surface area contributed by atoms with Gasteiger partial charge in [0, 0.05) is 19.2 Å². The number of carbonyl (C=O) groups excluding carboxylic acids is 1. The van der Waals surface area contributed by atoms with Gasteiger partial charge in [0.25, 0.3) is 0 Å². The van der Waals surface area contributed by atoms with Crippen molar-refractivity contribution in [3.63, 3.8) is 0 Å². The average molecular weight is 321 g/mol. The number of aryl methyl sites for hydroxylation is 2. The molecule has 0 radical (unpaired) electrons. The first-order chi connectivity index (χ1) is 10.1. The highest BCUT2D eigenvalue weighted by molar-refractivity contribution is 7.22. The van der Waals surface area contributed by atoms with Crippen molar-refractivity contribution in [1.82, 2.24) is 14.8 Å². The van der Waals surface area contributed by atoms with E-state index in [1.165, 1.54) is 16.9 Å². The number of benzene rings is 1. The van der Waals surface area contributed by atoms with Gasteiger partial charge >= 0.3 is 0 Å². The molecule has 1 N–H and O–H groups in total. The van der Waals surface area contributed by atoms with E-state index in [1.807, 2.05) is 19.1 Å². The lowest BCUT2D eigenvalue weighted by atomic mass is 10.2. The van der Waals surface area contributed by atoms with Crippen molar-refractivity contribution in [3.05, 3.63) is 41.2 Å². The van der Waals surface area contributed by atoms with Crippen LogP contribution in [0.1, 0.15) is 12.0 Å². The van der Waals surface area contributed by atoms with Gasteiger partial charge in [0.15, 0.2) is 5.13 Å². The number of nitrogens with zero attached hydrogens (tertiary/aromatic N) is 3. The van der Waals surface area contributed by atoms with Gasteiger partial charge in [0.2, 0.25) is 5.91 Å². The molecular weight excluding hydrogens is 308 g/mol. The molecular formula is C14H13ClN4OS. The Balaban J connectivity index is 1.63. The molecule has 2 heterocycles. The maximum atomic E-state index is 11.9. The first kappa shape index (κ1) is 14.0. The third-order valence-corrected chi connectivity index (χ3v) is 4.09. The first-order valence-electron chi connectivity index (χ1n) is 6.45. The molecule has 1 amide bonds. The summed E-state index contributed by atoms with van der Waals surface area (Å²) in [7, 11) is 0. The van der Waals surface area contributed by atoms with Crippen molar-refractivity contribution in [1.29, 1.82) is 0 Å². The summed E-state index contributed by atoms with van der Waals surface area (Å²) >= 11 is 7.25. The summed E-state index contributed by atoms with van der Waals surface area (Å²) in [6.45, 7) is 2.52. The standard InChI is InChI=1S/C14H13ClN4OS/c1-9-2-3-11-12(6-9)21-14(17-11)18-13(20)4-5-19-8-10(15)7-16-19/h2-3,6-8H,4-5H2,1H3,(H,17,18,20). The van der Waals surface area contributed by atoms with Crippen LogP contribution in [0.25, 0.3) is 10.2 Å². The Labute approximate surface area is 130 Å². The van der Waals surface area contributed by atoms with Crippen LogP contribution in [0, 0.1) is 6.92 Å². The lowest BCUT2D eigenvalue weighted by Crippen LogP contribution is -2.14. The van der Waals surface area contributed by atoms with E-state index in [4.69, 9.17) is 11.6 Å². The van der Waals surface area contributed by atoms with Gasteiger partial charge in [-0.3, -0.25) is 9.48 Å². The minimum atomic E-state index is -0.0857. The van der Waals surface area contributed by atoms with Crippen LogP contribution < -0.4 is 5.32 Å². The van der Waals surface area contributed by atoms with Gasteiger partial charge in [0.05, 0.1) is 21.4 Å². The molecule has 0 fully saturated rings. The molecule has 0 aliphatic carbocycles. The third-order valence-electron chi connectivity index (χ3n) is 2.96. The second kappa shape index (κ2) is 5.83. The van der Waals surface area contributed by atoms with E-state index in [-0.39, 0.29) is 5.91 Å². The van der Waals surface area contributed by atoms with Gasteiger partial charge < -0.3 is 5.32 Å². The lowest BCUT2D eigenvalue weighted by Gasteiger charge is -2.01. The van der Waals surface area contributed by atoms with Crippen molar-refractivity contribution in [2.24, 2.45) is 0 Å². The van der Waals surface area contributed by atoms with Crippen LogP contribution in [0.15, 0.2) is 30.6 Å². The molecule has 0 saturated carbocycles. The number of thiazole rings is 1. The Morgan fingerprint density at radius 3 is 3.10 bits per heavy atom. The van der Waals surface area contributed by atoms with Gasteiger partial charge in [-0.2, -0.15) is 5.10 Å². The van der Waals surface area contributed by atoms with Gasteiger partial charge in [-0.1, -0.05) is 29.0 Å². The maximum absolute atomic E-state index is 11.9. The molecule has 0 unspecified atom stereocenters. The Bertz CT molecular complexity index is 795. The van der Waals surface area contributed by atoms with E-state index in [9.17, 15) is 4.79 Å². The highest BCUT2D eigenvalue weighted by Crippen LogP contribution is 2.26. The number of nitrogens with one attached hydrogen (secondary N) is 1. The zero-order chi connectivity index (χ0) is 14.8. The average Bonchev–Trinajstić information content (AvgIpc) is 3.01. The molecule has 21 heavy (non-hydrogen) atoms. The van der Waals surface area contributed by atoms with Crippen molar-refractivity contribution < 1.29 is 4.79 Å². The number of aromatic nitrogens is 3. The number of halogens is 1. The Morgan fingerprint density at radius 2 is 2.33 bits per heavy atom. The molecule has 0 aliphatic rings. The Kier molecular flexibility index (Phi) is 3.90. The van der Waals surface area contributed by atoms with Crippen molar-refractivity contribution in [2.45, 2.75) is 19.9 Å². The third kappa shape index (κ3) is 3.40. The molecule has 0 bridgehead atoms. The summed E-state index contributed by atoms with van der Waals surface area (Å²) in [5, 5.41) is 8.04. The Morgan fingerprint density at radius 1 is 1.48 bits per heavy atom. The van der Waals surface area contributed by atoms with Crippen LogP contribution >= 0.6 is 22.9 Å². The smallest absolute Gasteiger partial charge is 0.228 e. The number of anilines is 1. The fourth-order valence-corrected chi connectivity index (χ4v) is 3.08. The van der Waals surface area contributed by atoms with Gasteiger partial charge in [-0.15, -0.1) is 0 Å². The van der Waals surface area contributed by atoms with E-state index in [0.717, 1.165) is 10.2 Å². The van der Waals surface area contributed by atoms with E-state index < -0.39 is 0 Å². The number of hydrogen-bond acceptors (Lipinski definition) is 4. The summed E-state index contributed by atoms with van der Waals surface area (Å²) in [6.07, 6.45) is 3.57. The molecule has 7 heteroatoms. The predicted molar refractivity (Wildman–Crippen MR) is 84.8 cm³/mol. The quantitative estimate of drug-likeness (QED) is 0.800. The molecule has 0 spiro atoms. The normalized spacial score (nSPS) is 11.0. The maximum Gasteiger partial charge on any atom is 0.228 e. The van der Waals surface area contributed by atoms with Crippen LogP contribution in [0.5, 0.6) is 0 Å². The number of rotatable bonds is 4. The molecule has 0 aliphatic heterocycles. The molecule has 3 aromatic rings. The van der Waals surface area contributed by atoms with Crippen molar-refractivity contribution in [2.75, 3.05) is 5.32 Å². The molecule has 5 nitrogen and oxygen atoms in total. The monoisotopic (exact) mass is 320 g/mol. The van der Waals surface area contributed by atoms with Gasteiger partial charge in [-0.25, -0.2) is 4.98 Å². The number of fused-ring (bicyclic) bond motifs is 1. The Hall–Kier alpha value is -1.92. The zero-order valence-corrected chi connectivity index (χ0v) is 12.9. The largest absolute Gasteiger partial charge is 0.302 e. The first-order valence-corrected chi connectivity index (χ1v) is 7.64. The summed E-state index contributed by atoms with van der Waals surface area (Å²) in [5.74, 6) is -0.0857. The molecule has 1 aromatic carbocycles. The SMILES string of the molecule is Cc1ccc2nc(NC(=O)CCn3cc(Cl)cn3)sc2c1. The minimum absolute atomic E-state index is 0.0857. The zero-order valence-electron chi connectivity index (χ0n) is 11.3. The van der Waals surface area contributed by atoms with Crippen molar-refractivity contribution >= 4 is 44.2 Å². The van der Waals surface area contributed by atoms with Gasteiger partial charge in [0.1, 0.15) is 0 Å². The highest BCUT2D eigenvalue weighted by atomic mass is 35.5. The van der Waals surface area contributed by atoms with Crippen LogP contribution in [-0.2, 0) is 11.3 Å². The lowest BCUT2D eigenvalue weighted by molar-refractivity contribution is -0.116. The van der Waals surface area contributed by atoms with Crippen LogP contribution in [0.4, 0.5) is 5.13 Å². The summed E-state index contributed by atoms with van der Waals surface area (Å²) in [5.41, 5.74) is 2.08. The van der Waals surface area contributed by atoms with E-state index >= 15 is 0 Å². The molecule has 0 saturated heterocycles. The summed E-state index contributed by atoms with van der Waals surface area (Å²) < 4.78 is 2.72. The van der Waals surface area contributed by atoms with Crippen LogP contribution in [-0.4, -0.2) is 20.7 Å². The molecule has 2 aromatic heterocycles. The number of amides is 1. The van der Waals surface area contributed by atoms with E-state index in [1.54, 1.807) is 17.1 Å². The summed E-state index contributed by atoms with van der Waals surface area (Å²) in [6, 6.07) is 6.03. The second-order valence-electron chi connectivity index (χ2n) is 4.71. The molecule has 0 atom stereocenters. The summed E-state index contributed by atoms with van der Waals surface area (Å²) in [4.78, 5) is 16.3. The highest BCUT2D eigenvalue weighted by Gasteiger charge is 2.08. The predicted octanol–water partition coefficient (Wildman–Crippen LogP) is 3.48. The fourth-order valence-electron chi connectivity index (χ4n) is 1.94. The van der Waals surface area contributed by atoms with E-state index in [0.29, 0.717) is 23.1 Å². The number of carbonyl (C=O) groups is 1. The van der Waals surface area contributed by atoms with Crippen LogP contribution in [0.3, 0.4) is 0 Å². The topological polar surface area (TPSA) is 59.8 Å². The van der Waals surface area contributed by atoms with E-state index in [2.05, 4.69) is 21.5 Å². The second-order valence-corrected chi connectivity index (χ2v) is 6.18. The molecule has 108 valence electrons.